The Morgan fingerprint density at radius 2 is 0.759 bits per heavy atom. The third-order valence-electron chi connectivity index (χ3n) is 4.52. The van der Waals surface area contributed by atoms with Crippen molar-refractivity contribution in [2.24, 2.45) is 0 Å². The van der Waals surface area contributed by atoms with Crippen molar-refractivity contribution < 1.29 is 21.1 Å². The third kappa shape index (κ3) is 18.9. The minimum absolute atomic E-state index is 0. The Morgan fingerprint density at radius 3 is 0.931 bits per heavy atom. The molecule has 165 valence electrons. The van der Waals surface area contributed by atoms with Gasteiger partial charge in [0.25, 0.3) is 0 Å². The van der Waals surface area contributed by atoms with Gasteiger partial charge in [0.2, 0.25) is 0 Å². The summed E-state index contributed by atoms with van der Waals surface area (Å²) in [6.45, 7) is 13.7. The van der Waals surface area contributed by atoms with Gasteiger partial charge in [-0.2, -0.15) is 0 Å². The summed E-state index contributed by atoms with van der Waals surface area (Å²) in [5.41, 5.74) is 0. The molecule has 2 rings (SSSR count). The molecule has 5 heteroatoms. The standard InChI is InChI=1S/C12H11P.2C6H15P.B.Pt/c1-3-7-11(8-4-1)13-12-9-5-2-6-10-12;2*1-4-7(5-2)6-3;;/h1-10,13H;2*4-6H2,1-3H3;;. The molecule has 0 fully saturated rings. The average molecular weight is 628 g/mol. The third-order valence-corrected chi connectivity index (χ3v) is 11.1. The molecule has 0 saturated heterocycles. The molecule has 0 amide bonds. The number of rotatable bonds is 8. The molecule has 0 aliphatic heterocycles. The molecule has 0 N–H and O–H groups in total. The molecule has 0 nitrogen and oxygen atoms in total. The van der Waals surface area contributed by atoms with Crippen LogP contribution >= 0.6 is 24.4 Å². The van der Waals surface area contributed by atoms with E-state index in [1.54, 1.807) is 0 Å². The minimum atomic E-state index is 0. The van der Waals surface area contributed by atoms with E-state index in [0.717, 1.165) is 8.58 Å². The van der Waals surface area contributed by atoms with Gasteiger partial charge in [-0.05, 0) is 47.6 Å². The molecule has 0 aromatic heterocycles. The van der Waals surface area contributed by atoms with E-state index < -0.39 is 0 Å². The maximum atomic E-state index is 2.29. The number of benzene rings is 2. The summed E-state index contributed by atoms with van der Waals surface area (Å²) in [5.74, 6) is 0. The molecule has 0 aliphatic rings. The van der Waals surface area contributed by atoms with Gasteiger partial charge >= 0.3 is 0 Å². The predicted molar refractivity (Wildman–Crippen MR) is 143 cm³/mol. The second kappa shape index (κ2) is 24.7. The molecule has 29 heavy (non-hydrogen) atoms. The summed E-state index contributed by atoms with van der Waals surface area (Å²) < 4.78 is 0. The molecule has 0 spiro atoms. The van der Waals surface area contributed by atoms with Crippen LogP contribution in [0.2, 0.25) is 0 Å². The Balaban J connectivity index is -0.000000369. The summed E-state index contributed by atoms with van der Waals surface area (Å²) in [6.07, 6.45) is 8.51. The predicted octanol–water partition coefficient (Wildman–Crippen LogP) is 6.99. The van der Waals surface area contributed by atoms with Crippen molar-refractivity contribution in [2.45, 2.75) is 41.5 Å². The molecule has 0 unspecified atom stereocenters. The van der Waals surface area contributed by atoms with Gasteiger partial charge in [0.05, 0.1) is 0 Å². The Labute approximate surface area is 203 Å². The average Bonchev–Trinajstić information content (AvgIpc) is 2.73. The van der Waals surface area contributed by atoms with Crippen LogP contribution in [0.15, 0.2) is 60.7 Å². The normalized spacial score (nSPS) is 9.38. The SMILES string of the molecule is CCP(CC)CC.CCP(CC)CC.[B].[Pt].c1ccc(Pc2ccccc2)cc1. The fourth-order valence-electron chi connectivity index (χ4n) is 2.55. The molecule has 2 aromatic carbocycles. The van der Waals surface area contributed by atoms with E-state index in [1.165, 1.54) is 47.6 Å². The molecular weight excluding hydrogens is 587 g/mol. The van der Waals surface area contributed by atoms with E-state index in [9.17, 15) is 0 Å². The molecule has 0 atom stereocenters. The molecule has 0 aliphatic carbocycles. The topological polar surface area (TPSA) is 0 Å². The first kappa shape index (κ1) is 34.1. The molecular formula is C24H41BP3Pt. The van der Waals surface area contributed by atoms with Gasteiger partial charge in [-0.3, -0.25) is 0 Å². The zero-order valence-electron chi connectivity index (χ0n) is 19.3. The van der Waals surface area contributed by atoms with Crippen LogP contribution in [-0.4, -0.2) is 45.4 Å². The molecule has 3 radical (unpaired) electrons. The second-order valence-corrected chi connectivity index (χ2v) is 14.0. The van der Waals surface area contributed by atoms with E-state index >= 15 is 0 Å². The smallest absolute Gasteiger partial charge is 0 e. The first-order chi connectivity index (χ1) is 13.1. The zero-order valence-corrected chi connectivity index (χ0v) is 24.4. The maximum absolute atomic E-state index is 2.29. The second-order valence-electron chi connectivity index (χ2n) is 6.10. The van der Waals surface area contributed by atoms with Crippen molar-refractivity contribution in [2.75, 3.05) is 37.0 Å². The van der Waals surface area contributed by atoms with Gasteiger partial charge < -0.3 is 0 Å². The summed E-state index contributed by atoms with van der Waals surface area (Å²) >= 11 is 0. The summed E-state index contributed by atoms with van der Waals surface area (Å²) in [6, 6.07) is 21.2. The molecule has 0 saturated carbocycles. The van der Waals surface area contributed by atoms with Gasteiger partial charge in [-0.25, -0.2) is 0 Å². The fraction of sp³-hybridized carbons (Fsp3) is 0.500. The summed E-state index contributed by atoms with van der Waals surface area (Å²) in [7, 11) is 1.67. The molecule has 0 bridgehead atoms. The van der Waals surface area contributed by atoms with Crippen LogP contribution in [0.5, 0.6) is 0 Å². The van der Waals surface area contributed by atoms with Crippen molar-refractivity contribution in [3.8, 4) is 0 Å². The van der Waals surface area contributed by atoms with Crippen molar-refractivity contribution in [3.05, 3.63) is 60.7 Å². The van der Waals surface area contributed by atoms with Crippen LogP contribution in [-0.2, 0) is 21.1 Å². The summed E-state index contributed by atoms with van der Waals surface area (Å²) in [5, 5.41) is 2.79. The van der Waals surface area contributed by atoms with Crippen LogP contribution in [0, 0.1) is 0 Å². The van der Waals surface area contributed by atoms with Crippen molar-refractivity contribution >= 4 is 43.4 Å². The molecule has 2 aromatic rings. The Hall–Kier alpha value is 0.483. The Kier molecular flexibility index (Phi) is 29.1. The summed E-state index contributed by atoms with van der Waals surface area (Å²) in [4.78, 5) is 0. The number of hydrogen-bond acceptors (Lipinski definition) is 0. The number of hydrogen-bond donors (Lipinski definition) is 0. The van der Waals surface area contributed by atoms with Gasteiger partial charge in [0.15, 0.2) is 0 Å². The van der Waals surface area contributed by atoms with Gasteiger partial charge in [-0.1, -0.05) is 111 Å². The first-order valence-corrected chi connectivity index (χ1v) is 15.3. The fourth-order valence-corrected chi connectivity index (χ4v) is 6.29. The van der Waals surface area contributed by atoms with E-state index in [0.29, 0.717) is 15.8 Å². The van der Waals surface area contributed by atoms with Crippen molar-refractivity contribution in [1.82, 2.24) is 0 Å². The van der Waals surface area contributed by atoms with Crippen LogP contribution in [0.4, 0.5) is 0 Å². The van der Waals surface area contributed by atoms with Crippen LogP contribution in [0.3, 0.4) is 0 Å². The van der Waals surface area contributed by atoms with Gasteiger partial charge in [0.1, 0.15) is 0 Å². The van der Waals surface area contributed by atoms with E-state index in [-0.39, 0.29) is 29.5 Å². The van der Waals surface area contributed by atoms with Gasteiger partial charge in [-0.15, -0.1) is 15.8 Å². The Morgan fingerprint density at radius 1 is 0.517 bits per heavy atom. The van der Waals surface area contributed by atoms with Gasteiger partial charge in [0, 0.05) is 29.5 Å². The first-order valence-electron chi connectivity index (χ1n) is 10.5. The Bertz CT molecular complexity index is 472. The van der Waals surface area contributed by atoms with Crippen LogP contribution in [0.25, 0.3) is 0 Å². The van der Waals surface area contributed by atoms with Crippen molar-refractivity contribution in [3.63, 3.8) is 0 Å². The maximum Gasteiger partial charge on any atom is 0 e. The minimum Gasteiger partial charge on any atom is -0.108 e. The van der Waals surface area contributed by atoms with E-state index in [4.69, 9.17) is 0 Å². The largest absolute Gasteiger partial charge is 0.108 e. The quantitative estimate of drug-likeness (QED) is 0.219. The van der Waals surface area contributed by atoms with E-state index in [2.05, 4.69) is 102 Å². The zero-order chi connectivity index (χ0) is 20.3. The molecule has 0 heterocycles. The van der Waals surface area contributed by atoms with Crippen LogP contribution in [0.1, 0.15) is 41.5 Å². The monoisotopic (exact) mass is 628 g/mol. The van der Waals surface area contributed by atoms with Crippen molar-refractivity contribution in [1.29, 1.82) is 0 Å². The van der Waals surface area contributed by atoms with E-state index in [1.807, 2.05) is 0 Å². The van der Waals surface area contributed by atoms with Crippen LogP contribution < -0.4 is 10.6 Å².